The number of hydrogen-bond donors (Lipinski definition) is 2. The maximum absolute atomic E-state index is 13.1. The fourth-order valence-corrected chi connectivity index (χ4v) is 6.86. The molecule has 1 aliphatic rings. The molecule has 4 rings (SSSR count). The third-order valence-corrected chi connectivity index (χ3v) is 9.74. The van der Waals surface area contributed by atoms with Crippen LogP contribution in [0.1, 0.15) is 50.2 Å². The molecule has 206 valence electrons. The first-order chi connectivity index (χ1) is 18.8. The van der Waals surface area contributed by atoms with Crippen molar-refractivity contribution in [3.8, 4) is 0 Å². The van der Waals surface area contributed by atoms with E-state index in [1.807, 2.05) is 17.9 Å². The summed E-state index contributed by atoms with van der Waals surface area (Å²) in [7, 11) is -3.64. The number of sulfonamides is 1. The lowest BCUT2D eigenvalue weighted by Crippen LogP contribution is -2.38. The molecule has 1 aromatic carbocycles. The summed E-state index contributed by atoms with van der Waals surface area (Å²) in [6.07, 6.45) is 5.00. The van der Waals surface area contributed by atoms with Crippen LogP contribution in [0.15, 0.2) is 70.6 Å². The van der Waals surface area contributed by atoms with Crippen molar-refractivity contribution in [1.82, 2.24) is 24.9 Å². The van der Waals surface area contributed by atoms with Gasteiger partial charge in [0.2, 0.25) is 10.0 Å². The lowest BCUT2D eigenvalue weighted by molar-refractivity contribution is 0.0708. The molecule has 0 spiro atoms. The highest BCUT2D eigenvalue weighted by Crippen LogP contribution is 2.31. The SMILES string of the molecule is C=CCSc1ncccc1C(=O)N1CCC(c2nc(C(=O)NCCNS(=O)(=O)c3ccc(C)cc3)cs2)CC1. The highest BCUT2D eigenvalue weighted by molar-refractivity contribution is 7.99. The van der Waals surface area contributed by atoms with Crippen molar-refractivity contribution in [3.05, 3.63) is 82.5 Å². The summed E-state index contributed by atoms with van der Waals surface area (Å²) in [5.41, 5.74) is 1.90. The van der Waals surface area contributed by atoms with E-state index >= 15 is 0 Å². The van der Waals surface area contributed by atoms with Crippen LogP contribution in [-0.2, 0) is 10.0 Å². The molecule has 39 heavy (non-hydrogen) atoms. The number of thiazole rings is 1. The summed E-state index contributed by atoms with van der Waals surface area (Å²) in [6.45, 7) is 7.03. The van der Waals surface area contributed by atoms with Crippen LogP contribution in [0, 0.1) is 6.92 Å². The number of piperidine rings is 1. The Bertz CT molecular complexity index is 1420. The van der Waals surface area contributed by atoms with Crippen LogP contribution >= 0.6 is 23.1 Å². The van der Waals surface area contributed by atoms with Crippen LogP contribution in [-0.4, -0.2) is 67.0 Å². The van der Waals surface area contributed by atoms with Crippen LogP contribution < -0.4 is 10.0 Å². The Hall–Kier alpha value is -3.06. The first-order valence-electron chi connectivity index (χ1n) is 12.6. The number of aromatic nitrogens is 2. The molecule has 0 saturated carbocycles. The number of amides is 2. The number of benzene rings is 1. The zero-order chi connectivity index (χ0) is 27.8. The quantitative estimate of drug-likeness (QED) is 0.199. The molecule has 3 aromatic rings. The van der Waals surface area contributed by atoms with E-state index in [1.165, 1.54) is 23.1 Å². The monoisotopic (exact) mass is 585 g/mol. The Morgan fingerprint density at radius 2 is 1.92 bits per heavy atom. The number of aryl methyl sites for hydroxylation is 1. The molecule has 2 N–H and O–H groups in total. The number of hydrogen-bond acceptors (Lipinski definition) is 8. The van der Waals surface area contributed by atoms with Gasteiger partial charge < -0.3 is 10.2 Å². The number of likely N-dealkylation sites (tertiary alicyclic amines) is 1. The summed E-state index contributed by atoms with van der Waals surface area (Å²) in [4.78, 5) is 36.6. The van der Waals surface area contributed by atoms with Gasteiger partial charge in [-0.05, 0) is 44.0 Å². The molecule has 1 fully saturated rings. The van der Waals surface area contributed by atoms with Gasteiger partial charge in [0.15, 0.2) is 0 Å². The summed E-state index contributed by atoms with van der Waals surface area (Å²) < 4.78 is 27.2. The number of pyridine rings is 1. The van der Waals surface area contributed by atoms with Gasteiger partial charge in [-0.2, -0.15) is 0 Å². The molecule has 0 unspecified atom stereocenters. The van der Waals surface area contributed by atoms with Crippen molar-refractivity contribution >= 4 is 44.9 Å². The summed E-state index contributed by atoms with van der Waals surface area (Å²) in [5, 5.41) is 6.02. The molecular weight excluding hydrogens is 555 g/mol. The third-order valence-electron chi connectivity index (χ3n) is 6.26. The molecule has 9 nitrogen and oxygen atoms in total. The predicted octanol–water partition coefficient (Wildman–Crippen LogP) is 3.85. The molecule has 3 heterocycles. The van der Waals surface area contributed by atoms with Crippen molar-refractivity contribution in [3.63, 3.8) is 0 Å². The van der Waals surface area contributed by atoms with E-state index in [9.17, 15) is 18.0 Å². The fraction of sp³-hybridized carbons (Fsp3) is 0.333. The smallest absolute Gasteiger partial charge is 0.270 e. The van der Waals surface area contributed by atoms with Crippen LogP contribution in [0.3, 0.4) is 0 Å². The van der Waals surface area contributed by atoms with E-state index in [0.717, 1.165) is 23.4 Å². The van der Waals surface area contributed by atoms with Gasteiger partial charge in [-0.25, -0.2) is 23.1 Å². The van der Waals surface area contributed by atoms with E-state index in [4.69, 9.17) is 0 Å². The van der Waals surface area contributed by atoms with E-state index in [-0.39, 0.29) is 35.7 Å². The zero-order valence-electron chi connectivity index (χ0n) is 21.6. The average Bonchev–Trinajstić information content (AvgIpc) is 3.45. The van der Waals surface area contributed by atoms with Crippen molar-refractivity contribution in [2.75, 3.05) is 31.9 Å². The molecule has 2 aromatic heterocycles. The molecule has 0 aliphatic carbocycles. The lowest BCUT2D eigenvalue weighted by Gasteiger charge is -2.31. The Morgan fingerprint density at radius 3 is 2.64 bits per heavy atom. The van der Waals surface area contributed by atoms with Gasteiger partial charge in [-0.15, -0.1) is 29.7 Å². The van der Waals surface area contributed by atoms with Gasteiger partial charge in [0.05, 0.1) is 15.5 Å². The second kappa shape index (κ2) is 13.3. The number of carbonyl (C=O) groups excluding carboxylic acids is 2. The molecular formula is C27H31N5O4S3. The predicted molar refractivity (Wildman–Crippen MR) is 154 cm³/mol. The fourth-order valence-electron chi connectivity index (χ4n) is 4.14. The standard InChI is InChI=1S/C27H31N5O4S3/c1-3-17-37-26-22(5-4-12-29-26)27(34)32-15-10-20(11-16-32)25-31-23(18-38-25)24(33)28-13-14-30-39(35,36)21-8-6-19(2)7-9-21/h3-9,12,18,20,30H,1,10-11,13-17H2,2H3,(H,28,33). The first kappa shape index (κ1) is 28.9. The largest absolute Gasteiger partial charge is 0.349 e. The van der Waals surface area contributed by atoms with E-state index in [2.05, 4.69) is 26.6 Å². The molecule has 0 bridgehead atoms. The Balaban J connectivity index is 1.25. The number of nitrogens with one attached hydrogen (secondary N) is 2. The van der Waals surface area contributed by atoms with Gasteiger partial charge in [-0.3, -0.25) is 9.59 Å². The minimum Gasteiger partial charge on any atom is -0.349 e. The van der Waals surface area contributed by atoms with Gasteiger partial charge in [0.25, 0.3) is 11.8 Å². The second-order valence-corrected chi connectivity index (χ2v) is 12.7. The minimum absolute atomic E-state index is 0.0229. The van der Waals surface area contributed by atoms with Gasteiger partial charge in [0.1, 0.15) is 10.7 Å². The van der Waals surface area contributed by atoms with Gasteiger partial charge in [0, 0.05) is 49.4 Å². The maximum Gasteiger partial charge on any atom is 0.270 e. The van der Waals surface area contributed by atoms with Crippen molar-refractivity contribution < 1.29 is 18.0 Å². The summed E-state index contributed by atoms with van der Waals surface area (Å²) in [6, 6.07) is 10.2. The van der Waals surface area contributed by atoms with Crippen molar-refractivity contribution in [2.45, 2.75) is 35.6 Å². The molecule has 12 heteroatoms. The molecule has 1 saturated heterocycles. The number of thioether (sulfide) groups is 1. The Kier molecular flexibility index (Phi) is 9.89. The highest BCUT2D eigenvalue weighted by Gasteiger charge is 2.28. The minimum atomic E-state index is -3.64. The third kappa shape index (κ3) is 7.53. The van der Waals surface area contributed by atoms with E-state index < -0.39 is 10.0 Å². The highest BCUT2D eigenvalue weighted by atomic mass is 32.2. The van der Waals surface area contributed by atoms with Crippen LogP contribution in [0.2, 0.25) is 0 Å². The zero-order valence-corrected chi connectivity index (χ0v) is 24.1. The average molecular weight is 586 g/mol. The topological polar surface area (TPSA) is 121 Å². The van der Waals surface area contributed by atoms with Gasteiger partial charge in [-0.1, -0.05) is 23.8 Å². The normalized spacial score (nSPS) is 14.2. The number of carbonyl (C=O) groups is 2. The van der Waals surface area contributed by atoms with Crippen LogP contribution in [0.5, 0.6) is 0 Å². The maximum atomic E-state index is 13.1. The molecule has 2 amide bonds. The Labute approximate surface area is 237 Å². The van der Waals surface area contributed by atoms with E-state index in [1.54, 1.807) is 48.0 Å². The summed E-state index contributed by atoms with van der Waals surface area (Å²) >= 11 is 2.93. The summed E-state index contributed by atoms with van der Waals surface area (Å²) in [5.74, 6) is 0.485. The number of rotatable bonds is 11. The van der Waals surface area contributed by atoms with Crippen LogP contribution in [0.25, 0.3) is 0 Å². The molecule has 0 atom stereocenters. The molecule has 0 radical (unpaired) electrons. The lowest BCUT2D eigenvalue weighted by atomic mass is 9.97. The van der Waals surface area contributed by atoms with Crippen molar-refractivity contribution in [2.24, 2.45) is 0 Å². The Morgan fingerprint density at radius 1 is 1.18 bits per heavy atom. The van der Waals surface area contributed by atoms with Crippen molar-refractivity contribution in [1.29, 1.82) is 0 Å². The second-order valence-electron chi connectivity index (χ2n) is 9.06. The van der Waals surface area contributed by atoms with Crippen LogP contribution in [0.4, 0.5) is 0 Å². The molecule has 1 aliphatic heterocycles. The van der Waals surface area contributed by atoms with Gasteiger partial charge >= 0.3 is 0 Å². The van der Waals surface area contributed by atoms with E-state index in [0.29, 0.717) is 35.1 Å². The first-order valence-corrected chi connectivity index (χ1v) is 15.9. The number of nitrogens with zero attached hydrogens (tertiary/aromatic N) is 3.